The van der Waals surface area contributed by atoms with Crippen LogP contribution in [0.1, 0.15) is 18.4 Å². The maximum absolute atomic E-state index is 12.0. The van der Waals surface area contributed by atoms with Crippen molar-refractivity contribution in [3.05, 3.63) is 42.0 Å². The summed E-state index contributed by atoms with van der Waals surface area (Å²) in [5.41, 5.74) is 0.928. The van der Waals surface area contributed by atoms with Crippen molar-refractivity contribution in [2.24, 2.45) is 0 Å². The van der Waals surface area contributed by atoms with Gasteiger partial charge in [0.2, 0.25) is 0 Å². The van der Waals surface area contributed by atoms with Crippen molar-refractivity contribution in [3.8, 4) is 17.6 Å². The van der Waals surface area contributed by atoms with E-state index >= 15 is 0 Å². The van der Waals surface area contributed by atoms with Crippen LogP contribution >= 0.6 is 0 Å². The van der Waals surface area contributed by atoms with Gasteiger partial charge in [-0.1, -0.05) is 24.0 Å². The SMILES string of the molecule is OCCC#Cc1ccc2cc(OCCCF)ccc2c1. The first-order valence-corrected chi connectivity index (χ1v) is 6.66. The Morgan fingerprint density at radius 2 is 1.90 bits per heavy atom. The van der Waals surface area contributed by atoms with Crippen molar-refractivity contribution in [2.45, 2.75) is 12.8 Å². The fourth-order valence-corrected chi connectivity index (χ4v) is 1.86. The lowest BCUT2D eigenvalue weighted by Crippen LogP contribution is -1.97. The predicted octanol–water partition coefficient (Wildman–Crippen LogP) is 3.31. The van der Waals surface area contributed by atoms with Gasteiger partial charge in [0.05, 0.1) is 19.9 Å². The summed E-state index contributed by atoms with van der Waals surface area (Å²) in [6, 6.07) is 11.7. The molecule has 2 rings (SSSR count). The van der Waals surface area contributed by atoms with E-state index in [0.717, 1.165) is 22.1 Å². The Labute approximate surface area is 118 Å². The summed E-state index contributed by atoms with van der Waals surface area (Å²) in [5.74, 6) is 6.67. The molecule has 0 heterocycles. The van der Waals surface area contributed by atoms with E-state index in [1.165, 1.54) is 0 Å². The number of rotatable bonds is 5. The van der Waals surface area contributed by atoms with Crippen molar-refractivity contribution in [2.75, 3.05) is 19.9 Å². The number of aliphatic hydroxyl groups excluding tert-OH is 1. The molecule has 0 spiro atoms. The van der Waals surface area contributed by atoms with Crippen molar-refractivity contribution in [1.29, 1.82) is 0 Å². The van der Waals surface area contributed by atoms with E-state index in [-0.39, 0.29) is 13.3 Å². The van der Waals surface area contributed by atoms with E-state index in [9.17, 15) is 4.39 Å². The van der Waals surface area contributed by atoms with E-state index in [4.69, 9.17) is 9.84 Å². The third kappa shape index (κ3) is 3.97. The zero-order valence-electron chi connectivity index (χ0n) is 11.2. The molecule has 104 valence electrons. The van der Waals surface area contributed by atoms with Crippen LogP contribution in [0.3, 0.4) is 0 Å². The molecule has 2 aromatic rings. The Balaban J connectivity index is 2.15. The number of benzene rings is 2. The largest absolute Gasteiger partial charge is 0.493 e. The average molecular weight is 272 g/mol. The second kappa shape index (κ2) is 7.52. The molecule has 0 aliphatic heterocycles. The number of alkyl halides is 1. The molecule has 3 heteroatoms. The number of aliphatic hydroxyl groups is 1. The Bertz CT molecular complexity index is 626. The Morgan fingerprint density at radius 1 is 1.10 bits per heavy atom. The molecule has 0 bridgehead atoms. The quantitative estimate of drug-likeness (QED) is 0.668. The third-order valence-corrected chi connectivity index (χ3v) is 2.83. The van der Waals surface area contributed by atoms with Gasteiger partial charge in [-0.25, -0.2) is 0 Å². The monoisotopic (exact) mass is 272 g/mol. The molecule has 1 N–H and O–H groups in total. The maximum Gasteiger partial charge on any atom is 0.119 e. The molecular weight excluding hydrogens is 255 g/mol. The molecule has 0 saturated heterocycles. The third-order valence-electron chi connectivity index (χ3n) is 2.83. The van der Waals surface area contributed by atoms with Gasteiger partial charge in [-0.15, -0.1) is 0 Å². The zero-order chi connectivity index (χ0) is 14.2. The van der Waals surface area contributed by atoms with E-state index in [2.05, 4.69) is 11.8 Å². The lowest BCUT2D eigenvalue weighted by atomic mass is 10.1. The van der Waals surface area contributed by atoms with Gasteiger partial charge in [-0.2, -0.15) is 0 Å². The zero-order valence-corrected chi connectivity index (χ0v) is 11.2. The smallest absolute Gasteiger partial charge is 0.119 e. The normalized spacial score (nSPS) is 10.1. The van der Waals surface area contributed by atoms with Crippen LogP contribution in [0.25, 0.3) is 10.8 Å². The molecule has 0 aromatic heterocycles. The van der Waals surface area contributed by atoms with Gasteiger partial charge >= 0.3 is 0 Å². The Hall–Kier alpha value is -2.05. The number of hydrogen-bond acceptors (Lipinski definition) is 2. The lowest BCUT2D eigenvalue weighted by molar-refractivity contribution is 0.290. The summed E-state index contributed by atoms with van der Waals surface area (Å²) in [6.45, 7) is 0.121. The topological polar surface area (TPSA) is 29.5 Å². The summed E-state index contributed by atoms with van der Waals surface area (Å²) >= 11 is 0. The molecule has 0 radical (unpaired) electrons. The Kier molecular flexibility index (Phi) is 5.40. The average Bonchev–Trinajstić information content (AvgIpc) is 2.48. The van der Waals surface area contributed by atoms with Crippen molar-refractivity contribution in [3.63, 3.8) is 0 Å². The van der Waals surface area contributed by atoms with Gasteiger partial charge in [-0.3, -0.25) is 4.39 Å². The Morgan fingerprint density at radius 3 is 2.70 bits per heavy atom. The van der Waals surface area contributed by atoms with Crippen LogP contribution < -0.4 is 4.74 Å². The minimum atomic E-state index is -0.358. The molecule has 0 unspecified atom stereocenters. The molecule has 0 saturated carbocycles. The van der Waals surface area contributed by atoms with Gasteiger partial charge in [0, 0.05) is 18.4 Å². The number of halogens is 1. The second-order valence-electron chi connectivity index (χ2n) is 4.39. The molecule has 0 atom stereocenters. The van der Waals surface area contributed by atoms with Crippen LogP contribution in [-0.2, 0) is 0 Å². The highest BCUT2D eigenvalue weighted by molar-refractivity contribution is 5.85. The van der Waals surface area contributed by atoms with Crippen LogP contribution in [0.2, 0.25) is 0 Å². The van der Waals surface area contributed by atoms with Gasteiger partial charge in [0.25, 0.3) is 0 Å². The van der Waals surface area contributed by atoms with Crippen molar-refractivity contribution in [1.82, 2.24) is 0 Å². The molecule has 0 aliphatic rings. The van der Waals surface area contributed by atoms with Crippen molar-refractivity contribution >= 4 is 10.8 Å². The molecule has 0 aliphatic carbocycles. The van der Waals surface area contributed by atoms with E-state index in [1.807, 2.05) is 36.4 Å². The maximum atomic E-state index is 12.0. The summed E-state index contributed by atoms with van der Waals surface area (Å²) < 4.78 is 17.5. The van der Waals surface area contributed by atoms with Crippen molar-refractivity contribution < 1.29 is 14.2 Å². The first-order chi connectivity index (χ1) is 9.83. The highest BCUT2D eigenvalue weighted by atomic mass is 19.1. The first-order valence-electron chi connectivity index (χ1n) is 6.66. The predicted molar refractivity (Wildman–Crippen MR) is 78.6 cm³/mol. The summed E-state index contributed by atoms with van der Waals surface area (Å²) in [7, 11) is 0. The van der Waals surface area contributed by atoms with Gasteiger partial charge in [0.1, 0.15) is 5.75 Å². The highest BCUT2D eigenvalue weighted by Crippen LogP contribution is 2.22. The minimum absolute atomic E-state index is 0.0835. The number of hydrogen-bond donors (Lipinski definition) is 1. The molecule has 0 amide bonds. The van der Waals surface area contributed by atoms with Gasteiger partial charge in [-0.05, 0) is 35.0 Å². The molecule has 2 nitrogen and oxygen atoms in total. The van der Waals surface area contributed by atoms with Crippen LogP contribution in [-0.4, -0.2) is 25.0 Å². The van der Waals surface area contributed by atoms with Crippen LogP contribution in [0.5, 0.6) is 5.75 Å². The molecular formula is C17H17FO2. The highest BCUT2D eigenvalue weighted by Gasteiger charge is 1.99. The lowest BCUT2D eigenvalue weighted by Gasteiger charge is -2.06. The van der Waals surface area contributed by atoms with Crippen LogP contribution in [0, 0.1) is 11.8 Å². The number of fused-ring (bicyclic) bond motifs is 1. The van der Waals surface area contributed by atoms with Gasteiger partial charge < -0.3 is 9.84 Å². The van der Waals surface area contributed by atoms with E-state index in [1.54, 1.807) is 0 Å². The minimum Gasteiger partial charge on any atom is -0.493 e. The van der Waals surface area contributed by atoms with E-state index < -0.39 is 0 Å². The van der Waals surface area contributed by atoms with Crippen LogP contribution in [0.4, 0.5) is 4.39 Å². The molecule has 0 fully saturated rings. The standard InChI is InChI=1S/C17H17FO2/c18-9-3-11-20-17-8-7-15-12-14(4-1-2-10-19)5-6-16(15)13-17/h5-8,12-13,19H,2-3,9-11H2. The number of ether oxygens (including phenoxy) is 1. The first kappa shape index (κ1) is 14.4. The van der Waals surface area contributed by atoms with Gasteiger partial charge in [0.15, 0.2) is 0 Å². The fraction of sp³-hybridized carbons (Fsp3) is 0.294. The molecule has 20 heavy (non-hydrogen) atoms. The summed E-state index contributed by atoms with van der Waals surface area (Å²) in [6.07, 6.45) is 0.900. The van der Waals surface area contributed by atoms with Crippen LogP contribution in [0.15, 0.2) is 36.4 Å². The summed E-state index contributed by atoms with van der Waals surface area (Å²) in [5, 5.41) is 10.8. The fourth-order valence-electron chi connectivity index (χ4n) is 1.86. The van der Waals surface area contributed by atoms with E-state index in [0.29, 0.717) is 19.4 Å². The molecule has 2 aromatic carbocycles. The second-order valence-corrected chi connectivity index (χ2v) is 4.39. The summed E-state index contributed by atoms with van der Waals surface area (Å²) in [4.78, 5) is 0.